The lowest BCUT2D eigenvalue weighted by Gasteiger charge is -2.07. The summed E-state index contributed by atoms with van der Waals surface area (Å²) in [6.45, 7) is 2.40. The first-order chi connectivity index (χ1) is 13.1. The van der Waals surface area contributed by atoms with Crippen LogP contribution < -0.4 is 10.6 Å². The predicted octanol–water partition coefficient (Wildman–Crippen LogP) is 4.39. The molecule has 0 saturated heterocycles. The highest BCUT2D eigenvalue weighted by atomic mass is 35.5. The third kappa shape index (κ3) is 4.93. The van der Waals surface area contributed by atoms with Crippen molar-refractivity contribution in [1.29, 1.82) is 0 Å². The molecular weight excluding hydrogens is 382 g/mol. The van der Waals surface area contributed by atoms with Crippen molar-refractivity contribution in [3.05, 3.63) is 70.2 Å². The number of hydrogen-bond donors (Lipinski definition) is 2. The number of halogens is 1. The van der Waals surface area contributed by atoms with Crippen LogP contribution in [0.5, 0.6) is 0 Å². The molecule has 3 rings (SSSR count). The molecule has 2 N–H and O–H groups in total. The molecule has 0 aliphatic rings. The van der Waals surface area contributed by atoms with Crippen LogP contribution in [0.1, 0.15) is 23.0 Å². The summed E-state index contributed by atoms with van der Waals surface area (Å²) in [5.74, 6) is -0.364. The average molecular weight is 400 g/mol. The van der Waals surface area contributed by atoms with Gasteiger partial charge in [0.2, 0.25) is 5.91 Å². The van der Waals surface area contributed by atoms with Gasteiger partial charge < -0.3 is 10.6 Å². The highest BCUT2D eigenvalue weighted by Gasteiger charge is 2.12. The van der Waals surface area contributed by atoms with Crippen molar-refractivity contribution in [2.45, 2.75) is 13.3 Å². The maximum Gasteiger partial charge on any atom is 0.251 e. The molecule has 138 valence electrons. The van der Waals surface area contributed by atoms with Crippen LogP contribution in [0.15, 0.2) is 53.9 Å². The molecule has 0 saturated carbocycles. The van der Waals surface area contributed by atoms with Crippen molar-refractivity contribution in [1.82, 2.24) is 10.3 Å². The van der Waals surface area contributed by atoms with Crippen molar-refractivity contribution < 1.29 is 9.59 Å². The largest absolute Gasteiger partial charge is 0.352 e. The maximum absolute atomic E-state index is 12.3. The van der Waals surface area contributed by atoms with Gasteiger partial charge in [-0.3, -0.25) is 9.59 Å². The number of benzene rings is 2. The topological polar surface area (TPSA) is 71.1 Å². The molecule has 2 amide bonds. The number of rotatable bonds is 6. The Morgan fingerprint density at radius 3 is 2.74 bits per heavy atom. The molecule has 27 heavy (non-hydrogen) atoms. The first-order valence-corrected chi connectivity index (χ1v) is 9.70. The minimum absolute atomic E-state index is 0.145. The first kappa shape index (κ1) is 19.1. The summed E-state index contributed by atoms with van der Waals surface area (Å²) in [5, 5.41) is 8.80. The fraction of sp³-hybridized carbons (Fsp3) is 0.150. The second-order valence-corrected chi connectivity index (χ2v) is 7.05. The van der Waals surface area contributed by atoms with Crippen LogP contribution in [0.4, 0.5) is 5.69 Å². The SMILES string of the molecule is CCNC(=O)c1cccc(NC(=O)Cc2csc(-c3ccccc3Cl)n2)c1. The van der Waals surface area contributed by atoms with Crippen LogP contribution in [0.3, 0.4) is 0 Å². The molecule has 0 bridgehead atoms. The Bertz CT molecular complexity index is 971. The molecule has 0 aliphatic carbocycles. The molecular formula is C20H18ClN3O2S. The number of carbonyl (C=O) groups is 2. The van der Waals surface area contributed by atoms with E-state index in [-0.39, 0.29) is 18.2 Å². The highest BCUT2D eigenvalue weighted by molar-refractivity contribution is 7.13. The van der Waals surface area contributed by atoms with Gasteiger partial charge in [-0.15, -0.1) is 11.3 Å². The zero-order chi connectivity index (χ0) is 19.2. The summed E-state index contributed by atoms with van der Waals surface area (Å²) < 4.78 is 0. The summed E-state index contributed by atoms with van der Waals surface area (Å²) in [5.41, 5.74) is 2.60. The normalized spacial score (nSPS) is 10.4. The zero-order valence-electron chi connectivity index (χ0n) is 14.7. The van der Waals surface area contributed by atoms with E-state index in [1.807, 2.05) is 36.6 Å². The number of nitrogens with zero attached hydrogens (tertiary/aromatic N) is 1. The Morgan fingerprint density at radius 2 is 1.96 bits per heavy atom. The first-order valence-electron chi connectivity index (χ1n) is 8.44. The van der Waals surface area contributed by atoms with Crippen LogP contribution in [0, 0.1) is 0 Å². The van der Waals surface area contributed by atoms with Gasteiger partial charge in [-0.1, -0.05) is 35.9 Å². The molecule has 0 radical (unpaired) electrons. The average Bonchev–Trinajstić information content (AvgIpc) is 3.10. The predicted molar refractivity (Wildman–Crippen MR) is 109 cm³/mol. The smallest absolute Gasteiger partial charge is 0.251 e. The second kappa shape index (κ2) is 8.79. The lowest BCUT2D eigenvalue weighted by Crippen LogP contribution is -2.23. The molecule has 0 spiro atoms. The quantitative estimate of drug-likeness (QED) is 0.645. The van der Waals surface area contributed by atoms with Gasteiger partial charge in [0.25, 0.3) is 5.91 Å². The molecule has 3 aromatic rings. The molecule has 5 nitrogen and oxygen atoms in total. The van der Waals surface area contributed by atoms with Gasteiger partial charge in [-0.25, -0.2) is 4.98 Å². The van der Waals surface area contributed by atoms with E-state index in [4.69, 9.17) is 11.6 Å². The summed E-state index contributed by atoms with van der Waals surface area (Å²) in [7, 11) is 0. The Labute approximate surface area is 166 Å². The second-order valence-electron chi connectivity index (χ2n) is 5.79. The Hall–Kier alpha value is -2.70. The van der Waals surface area contributed by atoms with Crippen molar-refractivity contribution in [2.75, 3.05) is 11.9 Å². The molecule has 7 heteroatoms. The molecule has 1 heterocycles. The van der Waals surface area contributed by atoms with Crippen molar-refractivity contribution in [3.8, 4) is 10.6 Å². The minimum atomic E-state index is -0.195. The van der Waals surface area contributed by atoms with E-state index in [2.05, 4.69) is 15.6 Å². The number of hydrogen-bond acceptors (Lipinski definition) is 4. The summed E-state index contributed by atoms with van der Waals surface area (Å²) >= 11 is 7.65. The fourth-order valence-electron chi connectivity index (χ4n) is 2.52. The van der Waals surface area contributed by atoms with Crippen LogP contribution in [0.2, 0.25) is 5.02 Å². The molecule has 0 unspecified atom stereocenters. The molecule has 2 aromatic carbocycles. The third-order valence-electron chi connectivity index (χ3n) is 3.74. The van der Waals surface area contributed by atoms with Crippen molar-refractivity contribution in [2.24, 2.45) is 0 Å². The lowest BCUT2D eigenvalue weighted by atomic mass is 10.2. The zero-order valence-corrected chi connectivity index (χ0v) is 16.2. The van der Waals surface area contributed by atoms with E-state index < -0.39 is 0 Å². The number of carbonyl (C=O) groups excluding carboxylic acids is 2. The molecule has 0 atom stereocenters. The van der Waals surface area contributed by atoms with Gasteiger partial charge in [0, 0.05) is 28.7 Å². The van der Waals surface area contributed by atoms with Crippen LogP contribution >= 0.6 is 22.9 Å². The van der Waals surface area contributed by atoms with E-state index in [0.717, 1.165) is 10.6 Å². The minimum Gasteiger partial charge on any atom is -0.352 e. The Balaban J connectivity index is 1.66. The highest BCUT2D eigenvalue weighted by Crippen LogP contribution is 2.30. The Kier molecular flexibility index (Phi) is 6.21. The Morgan fingerprint density at radius 1 is 1.15 bits per heavy atom. The summed E-state index contributed by atoms with van der Waals surface area (Å²) in [6, 6.07) is 14.3. The summed E-state index contributed by atoms with van der Waals surface area (Å²) in [6.07, 6.45) is 0.145. The fourth-order valence-corrected chi connectivity index (χ4v) is 3.66. The van der Waals surface area contributed by atoms with Gasteiger partial charge in [-0.05, 0) is 31.2 Å². The van der Waals surface area contributed by atoms with Gasteiger partial charge in [0.1, 0.15) is 5.01 Å². The lowest BCUT2D eigenvalue weighted by molar-refractivity contribution is -0.115. The van der Waals surface area contributed by atoms with E-state index in [1.54, 1.807) is 24.3 Å². The number of nitrogens with one attached hydrogen (secondary N) is 2. The standard InChI is InChI=1S/C20H18ClN3O2S/c1-2-22-19(26)13-6-5-7-14(10-13)23-18(25)11-15-12-27-20(24-15)16-8-3-4-9-17(16)21/h3-10,12H,2,11H2,1H3,(H,22,26)(H,23,25). The van der Waals surface area contributed by atoms with E-state index >= 15 is 0 Å². The van der Waals surface area contributed by atoms with Gasteiger partial charge in [-0.2, -0.15) is 0 Å². The summed E-state index contributed by atoms with van der Waals surface area (Å²) in [4.78, 5) is 28.7. The van der Waals surface area contributed by atoms with Gasteiger partial charge >= 0.3 is 0 Å². The number of anilines is 1. The van der Waals surface area contributed by atoms with E-state index in [0.29, 0.717) is 28.5 Å². The monoisotopic (exact) mass is 399 g/mol. The number of amides is 2. The van der Waals surface area contributed by atoms with Crippen LogP contribution in [-0.2, 0) is 11.2 Å². The van der Waals surface area contributed by atoms with Crippen molar-refractivity contribution >= 4 is 40.4 Å². The number of thiazole rings is 1. The number of aromatic nitrogens is 1. The van der Waals surface area contributed by atoms with Crippen LogP contribution in [0.25, 0.3) is 10.6 Å². The van der Waals surface area contributed by atoms with E-state index in [1.165, 1.54) is 11.3 Å². The van der Waals surface area contributed by atoms with Gasteiger partial charge in [0.15, 0.2) is 0 Å². The maximum atomic E-state index is 12.3. The molecule has 0 aliphatic heterocycles. The molecule has 1 aromatic heterocycles. The van der Waals surface area contributed by atoms with Crippen LogP contribution in [-0.4, -0.2) is 23.3 Å². The van der Waals surface area contributed by atoms with E-state index in [9.17, 15) is 9.59 Å². The molecule has 0 fully saturated rings. The van der Waals surface area contributed by atoms with Gasteiger partial charge in [0.05, 0.1) is 17.1 Å². The third-order valence-corrected chi connectivity index (χ3v) is 5.00. The van der Waals surface area contributed by atoms with Crippen molar-refractivity contribution in [3.63, 3.8) is 0 Å².